The van der Waals surface area contributed by atoms with Crippen LogP contribution in [0.3, 0.4) is 0 Å². The van der Waals surface area contributed by atoms with E-state index >= 15 is 0 Å². The third kappa shape index (κ3) is 5.60. The Hall–Kier alpha value is -2.34. The maximum atomic E-state index is 11.8. The fraction of sp³-hybridized carbons (Fsp3) is 0.368. The number of aliphatic carboxylic acids is 1. The minimum Gasteiger partial charge on any atom is -0.480 e. The Morgan fingerprint density at radius 3 is 2.48 bits per heavy atom. The third-order valence-corrected chi connectivity index (χ3v) is 4.61. The third-order valence-electron chi connectivity index (χ3n) is 3.47. The van der Waals surface area contributed by atoms with Gasteiger partial charge in [0.05, 0.1) is 0 Å². The number of carboxylic acids is 1. The molecular weight excluding hydrogens is 338 g/mol. The summed E-state index contributed by atoms with van der Waals surface area (Å²) in [7, 11) is 0. The molecule has 0 bridgehead atoms. The average Bonchev–Trinajstić information content (AvgIpc) is 2.93. The molecule has 0 spiro atoms. The topological polar surface area (TPSA) is 75.6 Å². The quantitative estimate of drug-likeness (QED) is 0.835. The van der Waals surface area contributed by atoms with E-state index in [1.54, 1.807) is 20.8 Å². The van der Waals surface area contributed by atoms with E-state index in [0.717, 1.165) is 20.9 Å². The van der Waals surface area contributed by atoms with Crippen LogP contribution in [-0.2, 0) is 16.0 Å². The number of hydrogen-bond acceptors (Lipinski definition) is 4. The summed E-state index contributed by atoms with van der Waals surface area (Å²) < 4.78 is 5.14. The number of alkyl carbamates (subject to hydrolysis) is 1. The van der Waals surface area contributed by atoms with Gasteiger partial charge in [-0.15, -0.1) is 11.3 Å². The van der Waals surface area contributed by atoms with Crippen molar-refractivity contribution in [1.29, 1.82) is 0 Å². The Morgan fingerprint density at radius 1 is 1.20 bits per heavy atom. The highest BCUT2D eigenvalue weighted by Crippen LogP contribution is 2.31. The Kier molecular flexibility index (Phi) is 5.85. The van der Waals surface area contributed by atoms with E-state index in [1.807, 2.05) is 43.3 Å². The summed E-state index contributed by atoms with van der Waals surface area (Å²) in [6, 6.07) is 10.9. The van der Waals surface area contributed by atoms with Crippen LogP contribution < -0.4 is 5.32 Å². The summed E-state index contributed by atoms with van der Waals surface area (Å²) in [5.41, 5.74) is 1.62. The summed E-state index contributed by atoms with van der Waals surface area (Å²) in [5, 5.41) is 11.8. The van der Waals surface area contributed by atoms with Crippen molar-refractivity contribution >= 4 is 23.4 Å². The average molecular weight is 361 g/mol. The molecule has 25 heavy (non-hydrogen) atoms. The SMILES string of the molecule is Cc1ccccc1-c1ccc(CC(NC(=O)OC(C)(C)C)C(=O)O)s1. The number of carbonyl (C=O) groups excluding carboxylic acids is 1. The molecule has 2 N–H and O–H groups in total. The van der Waals surface area contributed by atoms with Gasteiger partial charge < -0.3 is 15.2 Å². The van der Waals surface area contributed by atoms with Crippen molar-refractivity contribution in [3.05, 3.63) is 46.8 Å². The first-order valence-corrected chi connectivity index (χ1v) is 8.84. The lowest BCUT2D eigenvalue weighted by atomic mass is 10.1. The molecule has 0 aliphatic heterocycles. The second-order valence-corrected chi connectivity index (χ2v) is 7.99. The molecule has 2 rings (SSSR count). The van der Waals surface area contributed by atoms with Crippen LogP contribution in [0.25, 0.3) is 10.4 Å². The Morgan fingerprint density at radius 2 is 1.88 bits per heavy atom. The largest absolute Gasteiger partial charge is 0.480 e. The molecule has 1 atom stereocenters. The lowest BCUT2D eigenvalue weighted by Crippen LogP contribution is -2.44. The van der Waals surface area contributed by atoms with Crippen molar-refractivity contribution < 1.29 is 19.4 Å². The number of thiophene rings is 1. The number of carboxylic acid groups (broad SMARTS) is 1. The monoisotopic (exact) mass is 361 g/mol. The van der Waals surface area contributed by atoms with E-state index in [4.69, 9.17) is 4.74 Å². The highest BCUT2D eigenvalue weighted by Gasteiger charge is 2.24. The second kappa shape index (κ2) is 7.70. The Balaban J connectivity index is 2.09. The number of hydrogen-bond donors (Lipinski definition) is 2. The molecule has 0 radical (unpaired) electrons. The second-order valence-electron chi connectivity index (χ2n) is 6.82. The fourth-order valence-electron chi connectivity index (χ4n) is 2.33. The molecule has 1 amide bonds. The molecule has 0 aliphatic rings. The van der Waals surface area contributed by atoms with Crippen LogP contribution in [0.5, 0.6) is 0 Å². The van der Waals surface area contributed by atoms with Gasteiger partial charge in [0.2, 0.25) is 0 Å². The minimum atomic E-state index is -1.09. The molecule has 1 aromatic heterocycles. The maximum Gasteiger partial charge on any atom is 0.408 e. The van der Waals surface area contributed by atoms with Gasteiger partial charge in [-0.25, -0.2) is 9.59 Å². The number of amides is 1. The molecule has 0 fully saturated rings. The molecule has 1 heterocycles. The zero-order valence-electron chi connectivity index (χ0n) is 14.8. The van der Waals surface area contributed by atoms with Crippen molar-refractivity contribution in [1.82, 2.24) is 5.32 Å². The first-order chi connectivity index (χ1) is 11.7. The van der Waals surface area contributed by atoms with E-state index in [2.05, 4.69) is 5.32 Å². The molecular formula is C19H23NO4S. The zero-order chi connectivity index (χ0) is 18.6. The van der Waals surface area contributed by atoms with Crippen molar-refractivity contribution in [3.63, 3.8) is 0 Å². The van der Waals surface area contributed by atoms with Gasteiger partial charge in [0.15, 0.2) is 0 Å². The highest BCUT2D eigenvalue weighted by molar-refractivity contribution is 7.15. The summed E-state index contributed by atoms with van der Waals surface area (Å²) in [6.45, 7) is 7.24. The van der Waals surface area contributed by atoms with Crippen molar-refractivity contribution in [2.75, 3.05) is 0 Å². The smallest absolute Gasteiger partial charge is 0.408 e. The highest BCUT2D eigenvalue weighted by atomic mass is 32.1. The maximum absolute atomic E-state index is 11.8. The Labute approximate surface area is 151 Å². The van der Waals surface area contributed by atoms with Crippen LogP contribution in [0.2, 0.25) is 0 Å². The predicted octanol–water partition coefficient (Wildman–Crippen LogP) is 4.24. The molecule has 2 aromatic rings. The van der Waals surface area contributed by atoms with Crippen LogP contribution >= 0.6 is 11.3 Å². The van der Waals surface area contributed by atoms with E-state index in [-0.39, 0.29) is 6.42 Å². The van der Waals surface area contributed by atoms with E-state index < -0.39 is 23.7 Å². The van der Waals surface area contributed by atoms with Crippen LogP contribution in [0.1, 0.15) is 31.2 Å². The number of benzene rings is 1. The van der Waals surface area contributed by atoms with Crippen LogP contribution in [0.15, 0.2) is 36.4 Å². The summed E-state index contributed by atoms with van der Waals surface area (Å²) in [5.74, 6) is -1.09. The van der Waals surface area contributed by atoms with Crippen LogP contribution in [0, 0.1) is 6.92 Å². The van der Waals surface area contributed by atoms with Crippen molar-refractivity contribution in [2.24, 2.45) is 0 Å². The molecule has 1 unspecified atom stereocenters. The summed E-state index contributed by atoms with van der Waals surface area (Å²) >= 11 is 1.53. The first kappa shape index (κ1) is 19.0. The van der Waals surface area contributed by atoms with Crippen LogP contribution in [0.4, 0.5) is 4.79 Å². The number of nitrogens with one attached hydrogen (secondary N) is 1. The van der Waals surface area contributed by atoms with Crippen LogP contribution in [-0.4, -0.2) is 28.8 Å². The number of ether oxygens (including phenoxy) is 1. The summed E-state index contributed by atoms with van der Waals surface area (Å²) in [4.78, 5) is 25.3. The van der Waals surface area contributed by atoms with Crippen molar-refractivity contribution in [3.8, 4) is 10.4 Å². The van der Waals surface area contributed by atoms with Gasteiger partial charge in [-0.05, 0) is 51.0 Å². The first-order valence-electron chi connectivity index (χ1n) is 8.03. The lowest BCUT2D eigenvalue weighted by molar-refractivity contribution is -0.139. The number of aryl methyl sites for hydroxylation is 1. The molecule has 0 aliphatic carbocycles. The molecule has 5 nitrogen and oxygen atoms in total. The number of rotatable bonds is 5. The van der Waals surface area contributed by atoms with Gasteiger partial charge in [-0.1, -0.05) is 24.3 Å². The molecule has 134 valence electrons. The van der Waals surface area contributed by atoms with E-state index in [0.29, 0.717) is 0 Å². The van der Waals surface area contributed by atoms with Gasteiger partial charge >= 0.3 is 12.1 Å². The normalized spacial score (nSPS) is 12.5. The van der Waals surface area contributed by atoms with Gasteiger partial charge in [-0.3, -0.25) is 0 Å². The molecule has 0 saturated heterocycles. The zero-order valence-corrected chi connectivity index (χ0v) is 15.6. The Bertz CT molecular complexity index is 761. The predicted molar refractivity (Wildman–Crippen MR) is 99.0 cm³/mol. The molecule has 6 heteroatoms. The lowest BCUT2D eigenvalue weighted by Gasteiger charge is -2.21. The molecule has 0 saturated carbocycles. The van der Waals surface area contributed by atoms with Gasteiger partial charge in [0.1, 0.15) is 11.6 Å². The van der Waals surface area contributed by atoms with E-state index in [9.17, 15) is 14.7 Å². The summed E-state index contributed by atoms with van der Waals surface area (Å²) in [6.07, 6.45) is -0.513. The standard InChI is InChI=1S/C19H23NO4S/c1-12-7-5-6-8-14(12)16-10-9-13(25-16)11-15(17(21)22)20-18(23)24-19(2,3)4/h5-10,15H,11H2,1-4H3,(H,20,23)(H,21,22). The van der Waals surface area contributed by atoms with Gasteiger partial charge in [0, 0.05) is 16.2 Å². The van der Waals surface area contributed by atoms with Gasteiger partial charge in [0.25, 0.3) is 0 Å². The molecule has 1 aromatic carbocycles. The minimum absolute atomic E-state index is 0.213. The van der Waals surface area contributed by atoms with Crippen molar-refractivity contribution in [2.45, 2.75) is 45.8 Å². The van der Waals surface area contributed by atoms with Gasteiger partial charge in [-0.2, -0.15) is 0 Å². The van der Waals surface area contributed by atoms with E-state index in [1.165, 1.54) is 11.3 Å². The fourth-order valence-corrected chi connectivity index (χ4v) is 3.48. The number of carbonyl (C=O) groups is 2.